The average Bonchev–Trinajstić information content (AvgIpc) is 3.03. The first-order chi connectivity index (χ1) is 11.5. The number of hydrogen-bond donors (Lipinski definition) is 2. The van der Waals surface area contributed by atoms with Gasteiger partial charge in [-0.2, -0.15) is 0 Å². The Kier molecular flexibility index (Phi) is 5.51. The molecule has 4 nitrogen and oxygen atoms in total. The molecular weight excluding hydrogens is 307 g/mol. The van der Waals surface area contributed by atoms with Crippen LogP contribution in [0.3, 0.4) is 0 Å². The molecule has 0 aromatic heterocycles. The van der Waals surface area contributed by atoms with Gasteiger partial charge in [-0.1, -0.05) is 12.1 Å². The molecule has 132 valence electrons. The van der Waals surface area contributed by atoms with Crippen molar-refractivity contribution in [3.05, 3.63) is 35.6 Å². The summed E-state index contributed by atoms with van der Waals surface area (Å²) < 4.78 is 13.3. The van der Waals surface area contributed by atoms with Crippen LogP contribution in [0.15, 0.2) is 24.3 Å². The predicted molar refractivity (Wildman–Crippen MR) is 90.9 cm³/mol. The van der Waals surface area contributed by atoms with Crippen molar-refractivity contribution >= 4 is 5.91 Å². The van der Waals surface area contributed by atoms with Gasteiger partial charge < -0.3 is 15.3 Å². The Morgan fingerprint density at radius 2 is 2.08 bits per heavy atom. The fourth-order valence-corrected chi connectivity index (χ4v) is 4.09. The van der Waals surface area contributed by atoms with Crippen LogP contribution >= 0.6 is 0 Å². The molecule has 0 aliphatic carbocycles. The molecule has 2 saturated heterocycles. The molecule has 2 aliphatic heterocycles. The van der Waals surface area contributed by atoms with Gasteiger partial charge in [0.1, 0.15) is 5.82 Å². The Balaban J connectivity index is 1.48. The predicted octanol–water partition coefficient (Wildman–Crippen LogP) is 2.63. The summed E-state index contributed by atoms with van der Waals surface area (Å²) in [7, 11) is 0. The molecule has 2 fully saturated rings. The summed E-state index contributed by atoms with van der Waals surface area (Å²) in [5.74, 6) is 0.507. The maximum Gasteiger partial charge on any atom is 0.219 e. The lowest BCUT2D eigenvalue weighted by molar-refractivity contribution is -0.130. The fourth-order valence-electron chi connectivity index (χ4n) is 4.09. The summed E-state index contributed by atoms with van der Waals surface area (Å²) in [5, 5.41) is 14.0. The van der Waals surface area contributed by atoms with E-state index in [1.807, 2.05) is 4.90 Å². The SMILES string of the molecule is CC(=O)N1CCC(C[C@@H]2CC[C@H]([C@H](O)c3cccc(F)c3)N2)CC1. The number of nitrogens with zero attached hydrogens (tertiary/aromatic N) is 1. The number of amides is 1. The van der Waals surface area contributed by atoms with E-state index in [4.69, 9.17) is 0 Å². The first-order valence-electron chi connectivity index (χ1n) is 8.98. The molecule has 0 bridgehead atoms. The normalized spacial score (nSPS) is 26.5. The summed E-state index contributed by atoms with van der Waals surface area (Å²) in [4.78, 5) is 13.3. The highest BCUT2D eigenvalue weighted by Crippen LogP contribution is 2.30. The first kappa shape index (κ1) is 17.4. The molecule has 5 heteroatoms. The van der Waals surface area contributed by atoms with E-state index in [2.05, 4.69) is 5.32 Å². The number of aliphatic hydroxyl groups is 1. The average molecular weight is 334 g/mol. The zero-order chi connectivity index (χ0) is 17.1. The summed E-state index contributed by atoms with van der Waals surface area (Å²) in [6.07, 6.45) is 4.52. The molecule has 2 N–H and O–H groups in total. The quantitative estimate of drug-likeness (QED) is 0.890. The minimum absolute atomic E-state index is 0.00545. The maximum atomic E-state index is 13.3. The number of benzene rings is 1. The molecule has 2 aliphatic rings. The van der Waals surface area contributed by atoms with Gasteiger partial charge in [-0.05, 0) is 55.7 Å². The second kappa shape index (κ2) is 7.62. The van der Waals surface area contributed by atoms with E-state index < -0.39 is 6.10 Å². The molecule has 1 aromatic rings. The number of likely N-dealkylation sites (tertiary alicyclic amines) is 1. The minimum atomic E-state index is -0.662. The van der Waals surface area contributed by atoms with E-state index in [1.165, 1.54) is 12.1 Å². The molecule has 1 aromatic carbocycles. The summed E-state index contributed by atoms with van der Waals surface area (Å²) in [6, 6.07) is 6.64. The van der Waals surface area contributed by atoms with Gasteiger partial charge in [-0.15, -0.1) is 0 Å². The topological polar surface area (TPSA) is 52.6 Å². The van der Waals surface area contributed by atoms with Gasteiger partial charge in [-0.3, -0.25) is 4.79 Å². The zero-order valence-electron chi connectivity index (χ0n) is 14.2. The fraction of sp³-hybridized carbons (Fsp3) is 0.632. The summed E-state index contributed by atoms with van der Waals surface area (Å²) in [6.45, 7) is 3.36. The lowest BCUT2D eigenvalue weighted by atomic mass is 9.90. The Labute approximate surface area is 143 Å². The van der Waals surface area contributed by atoms with Crippen LogP contribution in [0.1, 0.15) is 50.7 Å². The number of piperidine rings is 1. The lowest BCUT2D eigenvalue weighted by Crippen LogP contribution is -2.39. The molecule has 1 amide bonds. The Morgan fingerprint density at radius 3 is 2.75 bits per heavy atom. The third-order valence-electron chi connectivity index (χ3n) is 5.52. The van der Waals surface area contributed by atoms with Gasteiger partial charge in [0.25, 0.3) is 0 Å². The highest BCUT2D eigenvalue weighted by Gasteiger charge is 2.32. The molecule has 0 radical (unpaired) electrons. The second-order valence-electron chi connectivity index (χ2n) is 7.23. The highest BCUT2D eigenvalue weighted by molar-refractivity contribution is 5.73. The number of nitrogens with one attached hydrogen (secondary N) is 1. The van der Waals surface area contributed by atoms with Crippen molar-refractivity contribution in [3.63, 3.8) is 0 Å². The molecule has 3 atom stereocenters. The van der Waals surface area contributed by atoms with Crippen LogP contribution in [0.5, 0.6) is 0 Å². The molecule has 2 heterocycles. The lowest BCUT2D eigenvalue weighted by Gasteiger charge is -2.32. The van der Waals surface area contributed by atoms with Gasteiger partial charge in [0, 0.05) is 32.1 Å². The molecule has 24 heavy (non-hydrogen) atoms. The largest absolute Gasteiger partial charge is 0.387 e. The van der Waals surface area contributed by atoms with E-state index in [0.717, 1.165) is 45.2 Å². The second-order valence-corrected chi connectivity index (χ2v) is 7.23. The molecule has 0 spiro atoms. The van der Waals surface area contributed by atoms with Crippen molar-refractivity contribution in [2.75, 3.05) is 13.1 Å². The van der Waals surface area contributed by atoms with E-state index in [-0.39, 0.29) is 17.8 Å². The Morgan fingerprint density at radius 1 is 1.33 bits per heavy atom. The maximum absolute atomic E-state index is 13.3. The van der Waals surface area contributed by atoms with Crippen molar-refractivity contribution in [2.24, 2.45) is 5.92 Å². The van der Waals surface area contributed by atoms with E-state index >= 15 is 0 Å². The Bertz CT molecular complexity index is 572. The van der Waals surface area contributed by atoms with Crippen molar-refractivity contribution in [1.82, 2.24) is 10.2 Å². The monoisotopic (exact) mass is 334 g/mol. The van der Waals surface area contributed by atoms with Crippen LogP contribution in [0.4, 0.5) is 4.39 Å². The van der Waals surface area contributed by atoms with E-state index in [1.54, 1.807) is 19.1 Å². The van der Waals surface area contributed by atoms with Crippen LogP contribution in [-0.2, 0) is 4.79 Å². The van der Waals surface area contributed by atoms with Gasteiger partial charge in [-0.25, -0.2) is 4.39 Å². The standard InChI is InChI=1S/C19H27FN2O2/c1-13(23)22-9-7-14(8-10-22)11-17-5-6-18(21-17)19(24)15-3-2-4-16(20)12-15/h2-4,12,14,17-19,21,24H,5-11H2,1H3/t17-,18+,19+/m0/s1. The number of carbonyl (C=O) groups excluding carboxylic acids is 1. The minimum Gasteiger partial charge on any atom is -0.387 e. The highest BCUT2D eigenvalue weighted by atomic mass is 19.1. The molecule has 0 saturated carbocycles. The first-order valence-corrected chi connectivity index (χ1v) is 8.98. The van der Waals surface area contributed by atoms with Crippen LogP contribution in [-0.4, -0.2) is 41.1 Å². The van der Waals surface area contributed by atoms with Crippen LogP contribution in [0.2, 0.25) is 0 Å². The number of halogens is 1. The smallest absolute Gasteiger partial charge is 0.219 e. The van der Waals surface area contributed by atoms with Crippen LogP contribution in [0, 0.1) is 11.7 Å². The van der Waals surface area contributed by atoms with Crippen molar-refractivity contribution in [3.8, 4) is 0 Å². The van der Waals surface area contributed by atoms with Gasteiger partial charge in [0.05, 0.1) is 6.10 Å². The van der Waals surface area contributed by atoms with Gasteiger partial charge >= 0.3 is 0 Å². The van der Waals surface area contributed by atoms with Crippen molar-refractivity contribution < 1.29 is 14.3 Å². The van der Waals surface area contributed by atoms with Crippen molar-refractivity contribution in [1.29, 1.82) is 0 Å². The van der Waals surface area contributed by atoms with E-state index in [0.29, 0.717) is 17.5 Å². The summed E-state index contributed by atoms with van der Waals surface area (Å²) >= 11 is 0. The molecule has 3 rings (SSSR count). The Hall–Kier alpha value is -1.46. The number of carbonyl (C=O) groups is 1. The third kappa shape index (κ3) is 4.14. The zero-order valence-corrected chi connectivity index (χ0v) is 14.2. The van der Waals surface area contributed by atoms with E-state index in [9.17, 15) is 14.3 Å². The molecule has 0 unspecified atom stereocenters. The molecular formula is C19H27FN2O2. The van der Waals surface area contributed by atoms with Crippen LogP contribution < -0.4 is 5.32 Å². The third-order valence-corrected chi connectivity index (χ3v) is 5.52. The van der Waals surface area contributed by atoms with Crippen molar-refractivity contribution in [2.45, 2.75) is 57.2 Å². The number of hydrogen-bond acceptors (Lipinski definition) is 3. The van der Waals surface area contributed by atoms with Crippen LogP contribution in [0.25, 0.3) is 0 Å². The van der Waals surface area contributed by atoms with Gasteiger partial charge in [0.15, 0.2) is 0 Å². The summed E-state index contributed by atoms with van der Waals surface area (Å²) in [5.41, 5.74) is 0.642. The number of aliphatic hydroxyl groups excluding tert-OH is 1. The number of rotatable bonds is 4. The van der Waals surface area contributed by atoms with Gasteiger partial charge in [0.2, 0.25) is 5.91 Å².